The Hall–Kier alpha value is -2.08. The minimum Gasteiger partial charge on any atom is -0.0776 e. The van der Waals surface area contributed by atoms with Crippen LogP contribution in [0.15, 0.2) is 60.7 Å². The van der Waals surface area contributed by atoms with Gasteiger partial charge in [0.25, 0.3) is 0 Å². The summed E-state index contributed by atoms with van der Waals surface area (Å²) in [6, 6.07) is 21.8. The number of fused-ring (bicyclic) bond motifs is 1. The summed E-state index contributed by atoms with van der Waals surface area (Å²) in [5.74, 6) is 6.17. The molecule has 3 aromatic rings. The van der Waals surface area contributed by atoms with E-state index in [0.29, 0.717) is 0 Å². The third-order valence-electron chi connectivity index (χ3n) is 11.0. The molecular formula is C47H78. The molecule has 3 saturated carbocycles. The summed E-state index contributed by atoms with van der Waals surface area (Å²) in [5, 5.41) is 2.67. The van der Waals surface area contributed by atoms with Crippen LogP contribution >= 0.6 is 0 Å². The number of aryl methyl sites for hydroxylation is 4. The second-order valence-corrected chi connectivity index (χ2v) is 16.0. The van der Waals surface area contributed by atoms with E-state index in [1.54, 1.807) is 0 Å². The highest BCUT2D eigenvalue weighted by atomic mass is 14.2. The predicted octanol–water partition coefficient (Wildman–Crippen LogP) is 15.5. The maximum Gasteiger partial charge on any atom is -0.0181 e. The van der Waals surface area contributed by atoms with Gasteiger partial charge < -0.3 is 0 Å². The molecule has 6 rings (SSSR count). The van der Waals surface area contributed by atoms with E-state index in [0.717, 1.165) is 41.9 Å². The van der Waals surface area contributed by atoms with Crippen molar-refractivity contribution in [2.24, 2.45) is 35.5 Å². The number of benzene rings is 3. The molecule has 0 saturated heterocycles. The Bertz CT molecular complexity index is 1080. The van der Waals surface area contributed by atoms with E-state index in [-0.39, 0.29) is 7.43 Å². The predicted molar refractivity (Wildman–Crippen MR) is 216 cm³/mol. The van der Waals surface area contributed by atoms with Gasteiger partial charge in [-0.25, -0.2) is 0 Å². The Morgan fingerprint density at radius 3 is 1.02 bits per heavy atom. The van der Waals surface area contributed by atoms with Crippen LogP contribution in [-0.2, 0) is 6.42 Å². The molecule has 0 N–H and O–H groups in total. The minimum atomic E-state index is 0. The van der Waals surface area contributed by atoms with E-state index in [1.807, 2.05) is 0 Å². The number of rotatable bonds is 2. The van der Waals surface area contributed by atoms with Crippen molar-refractivity contribution in [2.45, 2.75) is 167 Å². The molecule has 0 nitrogen and oxygen atoms in total. The zero-order valence-corrected chi connectivity index (χ0v) is 32.1. The highest BCUT2D eigenvalue weighted by Crippen LogP contribution is 2.30. The normalized spacial score (nSPS) is 25.1. The molecule has 0 heteroatoms. The van der Waals surface area contributed by atoms with Crippen molar-refractivity contribution in [1.29, 1.82) is 0 Å². The lowest BCUT2D eigenvalue weighted by atomic mass is 9.82. The van der Waals surface area contributed by atoms with E-state index in [9.17, 15) is 0 Å². The Morgan fingerprint density at radius 2 is 0.723 bits per heavy atom. The van der Waals surface area contributed by atoms with E-state index in [4.69, 9.17) is 0 Å². The first-order valence-corrected chi connectivity index (χ1v) is 19.5. The third-order valence-corrected chi connectivity index (χ3v) is 11.0. The maximum absolute atomic E-state index is 2.38. The smallest absolute Gasteiger partial charge is 0.0181 e. The molecule has 3 aromatic carbocycles. The fourth-order valence-electron chi connectivity index (χ4n) is 6.90. The monoisotopic (exact) mass is 643 g/mol. The molecule has 3 fully saturated rings. The highest BCUT2D eigenvalue weighted by Gasteiger charge is 2.16. The molecule has 3 aliphatic rings. The van der Waals surface area contributed by atoms with Crippen LogP contribution in [0.25, 0.3) is 10.8 Å². The zero-order valence-electron chi connectivity index (χ0n) is 32.1. The Morgan fingerprint density at radius 1 is 0.426 bits per heavy atom. The molecule has 0 bridgehead atoms. The summed E-state index contributed by atoms with van der Waals surface area (Å²) in [5.41, 5.74) is 5.41. The summed E-state index contributed by atoms with van der Waals surface area (Å²) in [6.45, 7) is 22.7. The molecular weight excluding hydrogens is 565 g/mol. The van der Waals surface area contributed by atoms with Gasteiger partial charge in [-0.05, 0) is 79.0 Å². The van der Waals surface area contributed by atoms with Gasteiger partial charge in [-0.1, -0.05) is 217 Å². The third kappa shape index (κ3) is 18.9. The van der Waals surface area contributed by atoms with Crippen LogP contribution in [0.1, 0.15) is 162 Å². The second-order valence-electron chi connectivity index (χ2n) is 16.0. The van der Waals surface area contributed by atoms with Crippen molar-refractivity contribution in [3.05, 3.63) is 82.9 Å². The summed E-state index contributed by atoms with van der Waals surface area (Å²) in [4.78, 5) is 0. The molecule has 0 amide bonds. The van der Waals surface area contributed by atoms with Crippen LogP contribution in [0.4, 0.5) is 0 Å². The van der Waals surface area contributed by atoms with Crippen molar-refractivity contribution >= 4 is 10.8 Å². The van der Waals surface area contributed by atoms with Gasteiger partial charge in [-0.2, -0.15) is 0 Å². The lowest BCUT2D eigenvalue weighted by Crippen LogP contribution is -2.10. The summed E-state index contributed by atoms with van der Waals surface area (Å²) in [7, 11) is 0. The number of hydrogen-bond donors (Lipinski definition) is 0. The maximum atomic E-state index is 2.38. The van der Waals surface area contributed by atoms with Crippen LogP contribution in [0, 0.1) is 56.3 Å². The first-order chi connectivity index (χ1) is 22.0. The molecule has 0 spiro atoms. The van der Waals surface area contributed by atoms with Crippen molar-refractivity contribution in [1.82, 2.24) is 0 Å². The fraction of sp³-hybridized carbons (Fsp3) is 0.660. The molecule has 3 aliphatic carbocycles. The molecule has 0 heterocycles. The van der Waals surface area contributed by atoms with Crippen molar-refractivity contribution < 1.29 is 0 Å². The summed E-state index contributed by atoms with van der Waals surface area (Å²) < 4.78 is 0. The fourth-order valence-corrected chi connectivity index (χ4v) is 6.90. The summed E-state index contributed by atoms with van der Waals surface area (Å²) >= 11 is 0. The largest absolute Gasteiger partial charge is 0.0776 e. The van der Waals surface area contributed by atoms with Crippen LogP contribution in [0.3, 0.4) is 0 Å². The minimum absolute atomic E-state index is 0. The van der Waals surface area contributed by atoms with E-state index >= 15 is 0 Å². The lowest BCUT2D eigenvalue weighted by Gasteiger charge is -2.24. The van der Waals surface area contributed by atoms with Gasteiger partial charge in [0.15, 0.2) is 0 Å². The van der Waals surface area contributed by atoms with Crippen molar-refractivity contribution in [3.63, 3.8) is 0 Å². The Kier molecular flexibility index (Phi) is 22.0. The van der Waals surface area contributed by atoms with Crippen molar-refractivity contribution in [3.8, 4) is 0 Å². The Labute approximate surface area is 294 Å². The topological polar surface area (TPSA) is 0 Å². The molecule has 47 heavy (non-hydrogen) atoms. The van der Waals surface area contributed by atoms with Crippen LogP contribution in [-0.4, -0.2) is 0 Å². The number of hydrogen-bond acceptors (Lipinski definition) is 0. The first kappa shape index (κ1) is 42.9. The summed E-state index contributed by atoms with van der Waals surface area (Å²) in [6.07, 6.45) is 20.3. The average Bonchev–Trinajstić information content (AvgIpc) is 3.06. The van der Waals surface area contributed by atoms with E-state index in [1.165, 1.54) is 116 Å². The standard InChI is InChI=1S/C12H12.C9H18.C9H12.2C8H16.CH4/c1-9-3-5-12-8-10(2)4-6-11(12)7-9;2*1-3-9-6-4-8(2)5-7-9;2*1-7-3-5-8(2)6-4-7;/h3-8H,1-2H3;8-9H,3-7H2,1-2H3;4-7H,3H2,1-2H3;2*7-8H,3-6H2,1-2H3;1H4. The SMILES string of the molecule is C.CC1CCC(C)CC1.CC1CCC(C)CC1.CCC1CCC(C)CC1.CCc1ccc(C)cc1.Cc1ccc2cc(C)ccc2c1. The zero-order chi connectivity index (χ0) is 33.9. The highest BCUT2D eigenvalue weighted by molar-refractivity contribution is 5.83. The van der Waals surface area contributed by atoms with E-state index in [2.05, 4.69) is 130 Å². The van der Waals surface area contributed by atoms with Gasteiger partial charge in [0.1, 0.15) is 0 Å². The van der Waals surface area contributed by atoms with Crippen LogP contribution in [0.2, 0.25) is 0 Å². The van der Waals surface area contributed by atoms with Gasteiger partial charge in [0.2, 0.25) is 0 Å². The second kappa shape index (κ2) is 24.1. The molecule has 266 valence electrons. The molecule has 0 atom stereocenters. The van der Waals surface area contributed by atoms with Gasteiger partial charge in [-0.3, -0.25) is 0 Å². The van der Waals surface area contributed by atoms with Crippen LogP contribution < -0.4 is 0 Å². The quantitative estimate of drug-likeness (QED) is 0.261. The van der Waals surface area contributed by atoms with Crippen LogP contribution in [0.5, 0.6) is 0 Å². The van der Waals surface area contributed by atoms with Crippen molar-refractivity contribution in [2.75, 3.05) is 0 Å². The molecule has 0 aliphatic heterocycles. The molecule has 0 radical (unpaired) electrons. The first-order valence-electron chi connectivity index (χ1n) is 19.5. The van der Waals surface area contributed by atoms with E-state index < -0.39 is 0 Å². The molecule has 0 aromatic heterocycles. The average molecular weight is 643 g/mol. The van der Waals surface area contributed by atoms with Gasteiger partial charge in [0, 0.05) is 0 Å². The van der Waals surface area contributed by atoms with Gasteiger partial charge in [-0.15, -0.1) is 0 Å². The Balaban J connectivity index is 0.000000295. The van der Waals surface area contributed by atoms with Gasteiger partial charge >= 0.3 is 0 Å². The lowest BCUT2D eigenvalue weighted by molar-refractivity contribution is 0.284. The molecule has 0 unspecified atom stereocenters. The van der Waals surface area contributed by atoms with Gasteiger partial charge in [0.05, 0.1) is 0 Å².